The molecule has 2 N–H and O–H groups in total. The van der Waals surface area contributed by atoms with Gasteiger partial charge in [-0.25, -0.2) is 0 Å². The van der Waals surface area contributed by atoms with Crippen LogP contribution in [-0.2, 0) is 13.1 Å². The predicted molar refractivity (Wildman–Crippen MR) is 135 cm³/mol. The third-order valence-electron chi connectivity index (χ3n) is 4.70. The Labute approximate surface area is 203 Å². The van der Waals surface area contributed by atoms with Crippen LogP contribution in [0.2, 0.25) is 0 Å². The van der Waals surface area contributed by atoms with Crippen LogP contribution in [0.15, 0.2) is 77.9 Å². The molecule has 166 valence electrons. The summed E-state index contributed by atoms with van der Waals surface area (Å²) >= 11 is 0. The van der Waals surface area contributed by atoms with Crippen molar-refractivity contribution in [2.75, 3.05) is 14.2 Å². The molecule has 0 unspecified atom stereocenters. The maximum Gasteiger partial charge on any atom is 0.191 e. The van der Waals surface area contributed by atoms with Crippen LogP contribution in [0.1, 0.15) is 11.4 Å². The Morgan fingerprint density at radius 3 is 2.38 bits per heavy atom. The average Bonchev–Trinajstić information content (AvgIpc) is 3.24. The summed E-state index contributed by atoms with van der Waals surface area (Å²) in [7, 11) is 3.37. The minimum atomic E-state index is 0. The van der Waals surface area contributed by atoms with Crippen molar-refractivity contribution < 1.29 is 9.47 Å². The van der Waals surface area contributed by atoms with Crippen LogP contribution in [0.4, 0.5) is 0 Å². The molecule has 0 amide bonds. The van der Waals surface area contributed by atoms with E-state index in [1.54, 1.807) is 14.2 Å². The van der Waals surface area contributed by atoms with E-state index in [4.69, 9.17) is 9.47 Å². The number of aliphatic imine (C=N–C) groups is 1. The fourth-order valence-corrected chi connectivity index (χ4v) is 3.09. The van der Waals surface area contributed by atoms with E-state index in [-0.39, 0.29) is 24.0 Å². The Morgan fingerprint density at radius 1 is 0.906 bits per heavy atom. The largest absolute Gasteiger partial charge is 0.493 e. The number of fused-ring (bicyclic) bond motifs is 1. The topological polar surface area (TPSA) is 85.1 Å². The lowest BCUT2D eigenvalue weighted by atomic mass is 10.2. The molecule has 2 aromatic heterocycles. The van der Waals surface area contributed by atoms with Gasteiger partial charge in [0.1, 0.15) is 5.75 Å². The van der Waals surface area contributed by atoms with Crippen LogP contribution in [0.25, 0.3) is 5.65 Å². The van der Waals surface area contributed by atoms with Crippen molar-refractivity contribution in [1.29, 1.82) is 0 Å². The highest BCUT2D eigenvalue weighted by Crippen LogP contribution is 2.30. The average molecular weight is 544 g/mol. The summed E-state index contributed by atoms with van der Waals surface area (Å²) in [6.45, 7) is 1.13. The molecule has 4 rings (SSSR count). The SMILES string of the molecule is CN=C(NCc1ccc(Oc2ccccc2OC)cc1)NCc1nnc2ccccn12.I. The number of methoxy groups -OCH3 is 1. The van der Waals surface area contributed by atoms with E-state index in [1.807, 2.05) is 77.3 Å². The van der Waals surface area contributed by atoms with Gasteiger partial charge < -0.3 is 20.1 Å². The summed E-state index contributed by atoms with van der Waals surface area (Å²) in [6.07, 6.45) is 1.94. The minimum absolute atomic E-state index is 0. The van der Waals surface area contributed by atoms with Gasteiger partial charge >= 0.3 is 0 Å². The summed E-state index contributed by atoms with van der Waals surface area (Å²) < 4.78 is 13.2. The van der Waals surface area contributed by atoms with Gasteiger partial charge in [-0.1, -0.05) is 30.3 Å². The van der Waals surface area contributed by atoms with Crippen LogP contribution in [-0.4, -0.2) is 34.7 Å². The molecule has 2 aromatic carbocycles. The first-order valence-corrected chi connectivity index (χ1v) is 9.90. The summed E-state index contributed by atoms with van der Waals surface area (Å²) in [5.74, 6) is 3.62. The highest BCUT2D eigenvalue weighted by atomic mass is 127. The summed E-state index contributed by atoms with van der Waals surface area (Å²) in [5, 5.41) is 15.0. The van der Waals surface area contributed by atoms with Gasteiger partial charge in [-0.15, -0.1) is 34.2 Å². The van der Waals surface area contributed by atoms with Crippen molar-refractivity contribution in [3.63, 3.8) is 0 Å². The quantitative estimate of drug-likeness (QED) is 0.208. The Bertz CT molecular complexity index is 1180. The molecule has 2 heterocycles. The normalized spacial score (nSPS) is 11.0. The van der Waals surface area contributed by atoms with E-state index in [0.29, 0.717) is 30.5 Å². The lowest BCUT2D eigenvalue weighted by Gasteiger charge is -2.12. The molecule has 8 nitrogen and oxygen atoms in total. The number of rotatable bonds is 7. The standard InChI is InChI=1S/C23H24N6O2.HI/c1-24-23(26-16-22-28-27-21-9-5-6-14-29(21)22)25-15-17-10-12-18(13-11-17)31-20-8-4-3-7-19(20)30-2;/h3-14H,15-16H2,1-2H3,(H2,24,25,26);1H. The van der Waals surface area contributed by atoms with Gasteiger partial charge in [0.05, 0.1) is 13.7 Å². The van der Waals surface area contributed by atoms with Crippen LogP contribution in [0.3, 0.4) is 0 Å². The van der Waals surface area contributed by atoms with Crippen molar-refractivity contribution in [2.24, 2.45) is 4.99 Å². The lowest BCUT2D eigenvalue weighted by molar-refractivity contribution is 0.379. The highest BCUT2D eigenvalue weighted by Gasteiger charge is 2.07. The molecule has 32 heavy (non-hydrogen) atoms. The van der Waals surface area contributed by atoms with Gasteiger partial charge in [0.25, 0.3) is 0 Å². The monoisotopic (exact) mass is 544 g/mol. The molecular formula is C23H25IN6O2. The third kappa shape index (κ3) is 5.67. The Hall–Kier alpha value is -3.34. The van der Waals surface area contributed by atoms with Crippen molar-refractivity contribution in [1.82, 2.24) is 25.2 Å². The fourth-order valence-electron chi connectivity index (χ4n) is 3.09. The number of halogens is 1. The number of pyridine rings is 1. The van der Waals surface area contributed by atoms with Crippen molar-refractivity contribution >= 4 is 35.6 Å². The number of nitrogens with one attached hydrogen (secondary N) is 2. The molecule has 0 bridgehead atoms. The zero-order valence-electron chi connectivity index (χ0n) is 17.9. The first kappa shape index (κ1) is 23.3. The first-order valence-electron chi connectivity index (χ1n) is 9.90. The van der Waals surface area contributed by atoms with Crippen molar-refractivity contribution in [3.05, 3.63) is 84.3 Å². The molecule has 0 aliphatic carbocycles. The number of aromatic nitrogens is 3. The van der Waals surface area contributed by atoms with E-state index < -0.39 is 0 Å². The third-order valence-corrected chi connectivity index (χ3v) is 4.70. The summed E-state index contributed by atoms with van der Waals surface area (Å²) in [4.78, 5) is 4.27. The number of hydrogen-bond donors (Lipinski definition) is 2. The number of benzene rings is 2. The Balaban J connectivity index is 0.00000289. The van der Waals surface area contributed by atoms with E-state index in [2.05, 4.69) is 25.8 Å². The van der Waals surface area contributed by atoms with Gasteiger partial charge in [0, 0.05) is 19.8 Å². The number of guanidine groups is 1. The van der Waals surface area contributed by atoms with Gasteiger partial charge in [0.2, 0.25) is 0 Å². The molecule has 0 saturated heterocycles. The molecule has 0 fully saturated rings. The van der Waals surface area contributed by atoms with E-state index in [9.17, 15) is 0 Å². The number of hydrogen-bond acceptors (Lipinski definition) is 5. The zero-order chi connectivity index (χ0) is 21.5. The molecule has 0 radical (unpaired) electrons. The maximum atomic E-state index is 5.92. The van der Waals surface area contributed by atoms with Crippen molar-refractivity contribution in [3.8, 4) is 17.2 Å². The van der Waals surface area contributed by atoms with E-state index in [0.717, 1.165) is 22.8 Å². The van der Waals surface area contributed by atoms with Gasteiger partial charge in [-0.05, 0) is 42.0 Å². The second-order valence-electron chi connectivity index (χ2n) is 6.72. The van der Waals surface area contributed by atoms with Crippen LogP contribution < -0.4 is 20.1 Å². The molecule has 4 aromatic rings. The number of ether oxygens (including phenoxy) is 2. The van der Waals surface area contributed by atoms with E-state index >= 15 is 0 Å². The molecule has 0 aliphatic heterocycles. The minimum Gasteiger partial charge on any atom is -0.493 e. The summed E-state index contributed by atoms with van der Waals surface area (Å²) in [5.41, 5.74) is 1.92. The van der Waals surface area contributed by atoms with Gasteiger partial charge in [0.15, 0.2) is 28.9 Å². The second kappa shape index (κ2) is 11.3. The first-order chi connectivity index (χ1) is 15.3. The van der Waals surface area contributed by atoms with Gasteiger partial charge in [-0.3, -0.25) is 9.39 Å². The number of para-hydroxylation sites is 2. The van der Waals surface area contributed by atoms with Crippen LogP contribution in [0, 0.1) is 0 Å². The lowest BCUT2D eigenvalue weighted by Crippen LogP contribution is -2.36. The predicted octanol–water partition coefficient (Wildman–Crippen LogP) is 4.01. The molecule has 9 heteroatoms. The zero-order valence-corrected chi connectivity index (χ0v) is 20.2. The Morgan fingerprint density at radius 2 is 1.62 bits per heavy atom. The second-order valence-corrected chi connectivity index (χ2v) is 6.72. The van der Waals surface area contributed by atoms with E-state index in [1.165, 1.54) is 0 Å². The van der Waals surface area contributed by atoms with Crippen molar-refractivity contribution in [2.45, 2.75) is 13.1 Å². The summed E-state index contributed by atoms with van der Waals surface area (Å²) in [6, 6.07) is 21.3. The van der Waals surface area contributed by atoms with Crippen LogP contribution in [0.5, 0.6) is 17.2 Å². The molecule has 0 aliphatic rings. The maximum absolute atomic E-state index is 5.92. The fraction of sp³-hybridized carbons (Fsp3) is 0.174. The highest BCUT2D eigenvalue weighted by molar-refractivity contribution is 14.0. The van der Waals surface area contributed by atoms with Crippen LogP contribution >= 0.6 is 24.0 Å². The smallest absolute Gasteiger partial charge is 0.191 e. The Kier molecular flexibility index (Phi) is 8.26. The molecular weight excluding hydrogens is 519 g/mol. The number of nitrogens with zero attached hydrogens (tertiary/aromatic N) is 4. The molecule has 0 saturated carbocycles. The van der Waals surface area contributed by atoms with Gasteiger partial charge in [-0.2, -0.15) is 0 Å². The molecule has 0 spiro atoms. The molecule has 0 atom stereocenters.